The number of urea groups is 1. The van der Waals surface area contributed by atoms with Crippen molar-refractivity contribution in [2.75, 3.05) is 32.7 Å². The van der Waals surface area contributed by atoms with E-state index in [0.717, 1.165) is 12.8 Å². The summed E-state index contributed by atoms with van der Waals surface area (Å²) in [4.78, 5) is 39.7. The predicted octanol–water partition coefficient (Wildman–Crippen LogP) is 0.210. The summed E-state index contributed by atoms with van der Waals surface area (Å²) in [6, 6.07) is -0.914. The standard InChI is InChI=1S/C13H21N3O4/c1-10(17)14-6-8-15(9-7-14)13(20)16-5-3-2-4-11(16)12(18)19/h11H,2-9H2,1H3,(H,18,19). The Kier molecular flexibility index (Phi) is 4.46. The lowest BCUT2D eigenvalue weighted by atomic mass is 10.0. The van der Waals surface area contributed by atoms with Crippen molar-refractivity contribution in [3.05, 3.63) is 0 Å². The summed E-state index contributed by atoms with van der Waals surface area (Å²) < 4.78 is 0. The second kappa shape index (κ2) is 6.11. The van der Waals surface area contributed by atoms with Crippen LogP contribution < -0.4 is 0 Å². The number of carboxylic acid groups (broad SMARTS) is 1. The number of hydrogen-bond acceptors (Lipinski definition) is 3. The maximum Gasteiger partial charge on any atom is 0.326 e. The Morgan fingerprint density at radius 3 is 2.10 bits per heavy atom. The lowest BCUT2D eigenvalue weighted by Crippen LogP contribution is -2.57. The Hall–Kier alpha value is -1.79. The summed E-state index contributed by atoms with van der Waals surface area (Å²) in [6.07, 6.45) is 2.22. The van der Waals surface area contributed by atoms with Crippen LogP contribution in [0.25, 0.3) is 0 Å². The number of carbonyl (C=O) groups is 3. The molecule has 1 atom stereocenters. The molecule has 0 spiro atoms. The highest BCUT2D eigenvalue weighted by molar-refractivity contribution is 5.83. The van der Waals surface area contributed by atoms with Crippen molar-refractivity contribution in [1.82, 2.24) is 14.7 Å². The zero-order valence-corrected chi connectivity index (χ0v) is 11.7. The first kappa shape index (κ1) is 14.6. The van der Waals surface area contributed by atoms with E-state index in [2.05, 4.69) is 0 Å². The number of hydrogen-bond donors (Lipinski definition) is 1. The first-order valence-electron chi connectivity index (χ1n) is 7.04. The fraction of sp³-hybridized carbons (Fsp3) is 0.769. The smallest absolute Gasteiger partial charge is 0.326 e. The van der Waals surface area contributed by atoms with Gasteiger partial charge in [0.2, 0.25) is 5.91 Å². The Morgan fingerprint density at radius 1 is 0.950 bits per heavy atom. The molecule has 0 radical (unpaired) electrons. The van der Waals surface area contributed by atoms with E-state index in [1.54, 1.807) is 9.80 Å². The van der Waals surface area contributed by atoms with Crippen LogP contribution in [-0.2, 0) is 9.59 Å². The van der Waals surface area contributed by atoms with Gasteiger partial charge in [0.25, 0.3) is 0 Å². The van der Waals surface area contributed by atoms with Crippen molar-refractivity contribution in [3.8, 4) is 0 Å². The van der Waals surface area contributed by atoms with Gasteiger partial charge in [-0.05, 0) is 19.3 Å². The first-order valence-corrected chi connectivity index (χ1v) is 7.04. The molecule has 3 amide bonds. The lowest BCUT2D eigenvalue weighted by Gasteiger charge is -2.40. The number of carbonyl (C=O) groups excluding carboxylic acids is 2. The molecule has 2 heterocycles. The number of amides is 3. The molecule has 0 bridgehead atoms. The van der Waals surface area contributed by atoms with Gasteiger partial charge in [-0.15, -0.1) is 0 Å². The number of likely N-dealkylation sites (tertiary alicyclic amines) is 1. The van der Waals surface area contributed by atoms with Crippen LogP contribution in [0.15, 0.2) is 0 Å². The van der Waals surface area contributed by atoms with E-state index in [0.29, 0.717) is 39.1 Å². The van der Waals surface area contributed by atoms with Crippen LogP contribution in [0.5, 0.6) is 0 Å². The van der Waals surface area contributed by atoms with Crippen LogP contribution in [0, 0.1) is 0 Å². The minimum absolute atomic E-state index is 0.0125. The first-order chi connectivity index (χ1) is 9.50. The molecule has 0 aliphatic carbocycles. The minimum Gasteiger partial charge on any atom is -0.480 e. The van der Waals surface area contributed by atoms with E-state index in [4.69, 9.17) is 0 Å². The zero-order chi connectivity index (χ0) is 14.7. The number of nitrogens with zero attached hydrogens (tertiary/aromatic N) is 3. The second-order valence-electron chi connectivity index (χ2n) is 5.32. The van der Waals surface area contributed by atoms with E-state index >= 15 is 0 Å². The van der Waals surface area contributed by atoms with Gasteiger partial charge in [-0.25, -0.2) is 9.59 Å². The van der Waals surface area contributed by atoms with Gasteiger partial charge in [-0.3, -0.25) is 4.79 Å². The average Bonchev–Trinajstić information content (AvgIpc) is 2.46. The van der Waals surface area contributed by atoms with Gasteiger partial charge >= 0.3 is 12.0 Å². The summed E-state index contributed by atoms with van der Waals surface area (Å²) in [5.74, 6) is -0.918. The molecule has 7 nitrogen and oxygen atoms in total. The molecule has 20 heavy (non-hydrogen) atoms. The summed E-state index contributed by atoms with van der Waals surface area (Å²) >= 11 is 0. The topological polar surface area (TPSA) is 81.2 Å². The predicted molar refractivity (Wildman–Crippen MR) is 71.2 cm³/mol. The SMILES string of the molecule is CC(=O)N1CCN(C(=O)N2CCCCC2C(=O)O)CC1. The molecule has 1 unspecified atom stereocenters. The molecule has 0 aromatic carbocycles. The van der Waals surface area contributed by atoms with Gasteiger partial charge in [-0.2, -0.15) is 0 Å². The quantitative estimate of drug-likeness (QED) is 0.746. The molecule has 2 aliphatic rings. The Bertz CT molecular complexity index is 404. The average molecular weight is 283 g/mol. The van der Waals surface area contributed by atoms with E-state index in [1.165, 1.54) is 11.8 Å². The Morgan fingerprint density at radius 2 is 1.55 bits per heavy atom. The number of carboxylic acids is 1. The number of rotatable bonds is 1. The highest BCUT2D eigenvalue weighted by atomic mass is 16.4. The van der Waals surface area contributed by atoms with Gasteiger partial charge in [0.15, 0.2) is 0 Å². The normalized spacial score (nSPS) is 23.6. The van der Waals surface area contributed by atoms with E-state index < -0.39 is 12.0 Å². The van der Waals surface area contributed by atoms with E-state index in [9.17, 15) is 19.5 Å². The van der Waals surface area contributed by atoms with Gasteiger partial charge in [0, 0.05) is 39.6 Å². The third-order valence-corrected chi connectivity index (χ3v) is 4.03. The largest absolute Gasteiger partial charge is 0.480 e. The van der Waals surface area contributed by atoms with Gasteiger partial charge in [0.05, 0.1) is 0 Å². The molecule has 112 valence electrons. The molecule has 1 N–H and O–H groups in total. The highest BCUT2D eigenvalue weighted by Gasteiger charge is 2.35. The van der Waals surface area contributed by atoms with Crippen molar-refractivity contribution in [3.63, 3.8) is 0 Å². The van der Waals surface area contributed by atoms with Gasteiger partial charge in [-0.1, -0.05) is 0 Å². The lowest BCUT2D eigenvalue weighted by molar-refractivity contribution is -0.143. The van der Waals surface area contributed by atoms with Crippen LogP contribution in [0.2, 0.25) is 0 Å². The van der Waals surface area contributed by atoms with Crippen molar-refractivity contribution in [2.24, 2.45) is 0 Å². The van der Waals surface area contributed by atoms with Crippen LogP contribution in [0.4, 0.5) is 4.79 Å². The molecular formula is C13H21N3O4. The van der Waals surface area contributed by atoms with Gasteiger partial charge < -0.3 is 19.8 Å². The molecule has 2 aliphatic heterocycles. The van der Waals surface area contributed by atoms with Crippen LogP contribution in [-0.4, -0.2) is 76.5 Å². The van der Waals surface area contributed by atoms with E-state index in [-0.39, 0.29) is 11.9 Å². The number of piperidine rings is 1. The van der Waals surface area contributed by atoms with Gasteiger partial charge in [0.1, 0.15) is 6.04 Å². The summed E-state index contributed by atoms with van der Waals surface area (Å²) in [5, 5.41) is 9.21. The maximum atomic E-state index is 12.4. The summed E-state index contributed by atoms with van der Waals surface area (Å²) in [5.41, 5.74) is 0. The molecule has 0 aromatic heterocycles. The minimum atomic E-state index is -0.930. The van der Waals surface area contributed by atoms with Crippen molar-refractivity contribution < 1.29 is 19.5 Å². The molecule has 0 saturated carbocycles. The summed E-state index contributed by atoms with van der Waals surface area (Å²) in [7, 11) is 0. The fourth-order valence-electron chi connectivity index (χ4n) is 2.81. The van der Waals surface area contributed by atoms with Crippen LogP contribution in [0.1, 0.15) is 26.2 Å². The highest BCUT2D eigenvalue weighted by Crippen LogP contribution is 2.19. The molecule has 7 heteroatoms. The third kappa shape index (κ3) is 3.02. The Labute approximate surface area is 118 Å². The maximum absolute atomic E-state index is 12.4. The molecule has 2 fully saturated rings. The monoisotopic (exact) mass is 283 g/mol. The van der Waals surface area contributed by atoms with Crippen molar-refractivity contribution in [2.45, 2.75) is 32.2 Å². The number of aliphatic carboxylic acids is 1. The fourth-order valence-corrected chi connectivity index (χ4v) is 2.81. The van der Waals surface area contributed by atoms with Crippen molar-refractivity contribution in [1.29, 1.82) is 0 Å². The van der Waals surface area contributed by atoms with Crippen LogP contribution in [0.3, 0.4) is 0 Å². The van der Waals surface area contributed by atoms with Crippen LogP contribution >= 0.6 is 0 Å². The molecule has 2 rings (SSSR count). The molecule has 2 saturated heterocycles. The Balaban J connectivity index is 1.97. The molecular weight excluding hydrogens is 262 g/mol. The zero-order valence-electron chi connectivity index (χ0n) is 11.7. The third-order valence-electron chi connectivity index (χ3n) is 4.03. The number of piperazine rings is 1. The summed E-state index contributed by atoms with van der Waals surface area (Å²) in [6.45, 7) is 4.01. The molecule has 0 aromatic rings. The second-order valence-corrected chi connectivity index (χ2v) is 5.32. The van der Waals surface area contributed by atoms with E-state index in [1.807, 2.05) is 0 Å². The van der Waals surface area contributed by atoms with Crippen molar-refractivity contribution >= 4 is 17.9 Å².